The van der Waals surface area contributed by atoms with Crippen molar-refractivity contribution in [3.63, 3.8) is 0 Å². The first-order valence-corrected chi connectivity index (χ1v) is 10.6. The van der Waals surface area contributed by atoms with Gasteiger partial charge in [0.2, 0.25) is 0 Å². The van der Waals surface area contributed by atoms with Gasteiger partial charge in [-0.3, -0.25) is 4.98 Å². The van der Waals surface area contributed by atoms with Gasteiger partial charge in [-0.1, -0.05) is 35.5 Å². The zero-order chi connectivity index (χ0) is 22.9. The third-order valence-electron chi connectivity index (χ3n) is 5.69. The second-order valence-corrected chi connectivity index (χ2v) is 7.87. The van der Waals surface area contributed by atoms with Crippen molar-refractivity contribution < 1.29 is 14.1 Å². The molecule has 0 radical (unpaired) electrons. The first-order chi connectivity index (χ1) is 16.0. The number of ether oxygens (including phenoxy) is 1. The Morgan fingerprint density at radius 3 is 2.64 bits per heavy atom. The van der Waals surface area contributed by atoms with Crippen molar-refractivity contribution in [2.75, 3.05) is 7.11 Å². The van der Waals surface area contributed by atoms with Gasteiger partial charge in [-0.2, -0.15) is 0 Å². The smallest absolute Gasteiger partial charge is 0.356 e. The molecule has 5 aromatic rings. The van der Waals surface area contributed by atoms with Crippen molar-refractivity contribution in [2.24, 2.45) is 0 Å². The van der Waals surface area contributed by atoms with E-state index >= 15 is 0 Å². The minimum atomic E-state index is -0.479. The van der Waals surface area contributed by atoms with Crippen molar-refractivity contribution in [3.8, 4) is 16.8 Å². The number of rotatable bonds is 5. The monoisotopic (exact) mass is 438 g/mol. The molecule has 0 fully saturated rings. The molecule has 7 heteroatoms. The largest absolute Gasteiger partial charge is 0.464 e. The standard InChI is InChI=1S/C26H22N4O3/c1-16-24(17(2)33-29-16)19-12-23-25(28-14-19)20(11-18-7-5-4-6-8-18)15-30(23)21-9-10-27-22(13-21)26(31)32-3/h4-10,12-15H,11H2,1-3H3. The zero-order valence-corrected chi connectivity index (χ0v) is 18.6. The lowest BCUT2D eigenvalue weighted by Crippen LogP contribution is -2.05. The third kappa shape index (κ3) is 3.78. The van der Waals surface area contributed by atoms with Crippen LogP contribution in [-0.4, -0.2) is 32.8 Å². The average Bonchev–Trinajstić information content (AvgIpc) is 3.38. The molecule has 0 aliphatic rings. The van der Waals surface area contributed by atoms with E-state index in [4.69, 9.17) is 14.2 Å². The molecule has 0 bridgehead atoms. The van der Waals surface area contributed by atoms with Gasteiger partial charge in [0.25, 0.3) is 0 Å². The number of hydrogen-bond donors (Lipinski definition) is 0. The van der Waals surface area contributed by atoms with E-state index in [1.54, 1.807) is 12.3 Å². The lowest BCUT2D eigenvalue weighted by molar-refractivity contribution is 0.0594. The van der Waals surface area contributed by atoms with Gasteiger partial charge in [0.15, 0.2) is 0 Å². The van der Waals surface area contributed by atoms with Crippen LogP contribution in [0.25, 0.3) is 27.8 Å². The number of fused-ring (bicyclic) bond motifs is 1. The lowest BCUT2D eigenvalue weighted by Gasteiger charge is -2.08. The maximum Gasteiger partial charge on any atom is 0.356 e. The number of pyridine rings is 2. The molecule has 0 unspecified atom stereocenters. The van der Waals surface area contributed by atoms with Crippen LogP contribution in [0.3, 0.4) is 0 Å². The van der Waals surface area contributed by atoms with Gasteiger partial charge in [-0.25, -0.2) is 9.78 Å². The molecule has 33 heavy (non-hydrogen) atoms. The number of benzene rings is 1. The summed E-state index contributed by atoms with van der Waals surface area (Å²) in [6.45, 7) is 3.81. The van der Waals surface area contributed by atoms with Gasteiger partial charge in [-0.05, 0) is 37.6 Å². The fraction of sp³-hybridized carbons (Fsp3) is 0.154. The number of nitrogens with zero attached hydrogens (tertiary/aromatic N) is 4. The van der Waals surface area contributed by atoms with Crippen LogP contribution in [0.15, 0.2) is 71.6 Å². The summed E-state index contributed by atoms with van der Waals surface area (Å²) in [6, 6.07) is 15.9. The van der Waals surface area contributed by atoms with Crippen LogP contribution in [0.2, 0.25) is 0 Å². The van der Waals surface area contributed by atoms with E-state index in [-0.39, 0.29) is 5.69 Å². The Bertz CT molecular complexity index is 1450. The second-order valence-electron chi connectivity index (χ2n) is 7.87. The van der Waals surface area contributed by atoms with Crippen LogP contribution in [0.4, 0.5) is 0 Å². The minimum absolute atomic E-state index is 0.247. The zero-order valence-electron chi connectivity index (χ0n) is 18.6. The van der Waals surface area contributed by atoms with Crippen molar-refractivity contribution in [3.05, 3.63) is 95.4 Å². The molecule has 1 aromatic carbocycles. The molecular weight excluding hydrogens is 416 g/mol. The fourth-order valence-corrected chi connectivity index (χ4v) is 4.15. The van der Waals surface area contributed by atoms with E-state index in [1.165, 1.54) is 12.7 Å². The highest BCUT2D eigenvalue weighted by atomic mass is 16.5. The first kappa shape index (κ1) is 20.6. The summed E-state index contributed by atoms with van der Waals surface area (Å²) in [7, 11) is 1.35. The quantitative estimate of drug-likeness (QED) is 0.356. The van der Waals surface area contributed by atoms with Crippen LogP contribution in [0, 0.1) is 13.8 Å². The highest BCUT2D eigenvalue weighted by Crippen LogP contribution is 2.32. The predicted octanol–water partition coefficient (Wildman–Crippen LogP) is 5.07. The topological polar surface area (TPSA) is 83.0 Å². The molecule has 164 valence electrons. The van der Waals surface area contributed by atoms with Gasteiger partial charge in [0.05, 0.1) is 23.8 Å². The van der Waals surface area contributed by atoms with Crippen LogP contribution in [-0.2, 0) is 11.2 Å². The van der Waals surface area contributed by atoms with Crippen LogP contribution >= 0.6 is 0 Å². The number of aryl methyl sites for hydroxylation is 2. The van der Waals surface area contributed by atoms with E-state index in [2.05, 4.69) is 34.5 Å². The number of aromatic nitrogens is 4. The van der Waals surface area contributed by atoms with Gasteiger partial charge < -0.3 is 13.8 Å². The van der Waals surface area contributed by atoms with Gasteiger partial charge in [0, 0.05) is 47.4 Å². The summed E-state index contributed by atoms with van der Waals surface area (Å²) < 4.78 is 12.3. The van der Waals surface area contributed by atoms with Gasteiger partial charge in [-0.15, -0.1) is 0 Å². The van der Waals surface area contributed by atoms with Crippen LogP contribution in [0.1, 0.15) is 33.1 Å². The van der Waals surface area contributed by atoms with E-state index in [1.807, 2.05) is 48.9 Å². The second kappa shape index (κ2) is 8.35. The lowest BCUT2D eigenvalue weighted by atomic mass is 10.0. The van der Waals surface area contributed by atoms with Crippen molar-refractivity contribution >= 4 is 17.0 Å². The summed E-state index contributed by atoms with van der Waals surface area (Å²) in [6.07, 6.45) is 6.27. The van der Waals surface area contributed by atoms with Gasteiger partial charge in [0.1, 0.15) is 11.5 Å². The molecule has 0 atom stereocenters. The molecular formula is C26H22N4O3. The number of carbonyl (C=O) groups excluding carboxylic acids is 1. The molecule has 0 amide bonds. The van der Waals surface area contributed by atoms with Crippen LogP contribution in [0.5, 0.6) is 0 Å². The number of hydrogen-bond acceptors (Lipinski definition) is 6. The molecule has 0 saturated carbocycles. The Kier molecular flexibility index (Phi) is 5.22. The Balaban J connectivity index is 1.71. The Morgan fingerprint density at radius 1 is 1.09 bits per heavy atom. The van der Waals surface area contributed by atoms with Crippen molar-refractivity contribution in [2.45, 2.75) is 20.3 Å². The third-order valence-corrected chi connectivity index (χ3v) is 5.69. The predicted molar refractivity (Wildman–Crippen MR) is 124 cm³/mol. The normalized spacial score (nSPS) is 11.1. The molecule has 0 saturated heterocycles. The van der Waals surface area contributed by atoms with E-state index in [0.29, 0.717) is 0 Å². The van der Waals surface area contributed by atoms with E-state index in [0.717, 1.165) is 51.3 Å². The van der Waals surface area contributed by atoms with Crippen molar-refractivity contribution in [1.29, 1.82) is 0 Å². The molecule has 4 heterocycles. The molecule has 4 aromatic heterocycles. The fourth-order valence-electron chi connectivity index (χ4n) is 4.15. The number of esters is 1. The Labute approximate surface area is 190 Å². The Hall–Kier alpha value is -4.26. The molecule has 0 spiro atoms. The Morgan fingerprint density at radius 2 is 1.91 bits per heavy atom. The highest BCUT2D eigenvalue weighted by Gasteiger charge is 2.18. The number of carbonyl (C=O) groups is 1. The average molecular weight is 438 g/mol. The van der Waals surface area contributed by atoms with Gasteiger partial charge >= 0.3 is 5.97 Å². The minimum Gasteiger partial charge on any atom is -0.464 e. The highest BCUT2D eigenvalue weighted by molar-refractivity contribution is 5.89. The van der Waals surface area contributed by atoms with E-state index < -0.39 is 5.97 Å². The molecule has 0 aliphatic carbocycles. The summed E-state index contributed by atoms with van der Waals surface area (Å²) in [5.41, 5.74) is 7.80. The molecule has 0 aliphatic heterocycles. The first-order valence-electron chi connectivity index (χ1n) is 10.6. The van der Waals surface area contributed by atoms with Crippen LogP contribution < -0.4 is 0 Å². The summed E-state index contributed by atoms with van der Waals surface area (Å²) in [5.74, 6) is 0.264. The van der Waals surface area contributed by atoms with E-state index in [9.17, 15) is 4.79 Å². The summed E-state index contributed by atoms with van der Waals surface area (Å²) >= 11 is 0. The molecule has 0 N–H and O–H groups in total. The summed E-state index contributed by atoms with van der Waals surface area (Å²) in [5, 5.41) is 4.09. The summed E-state index contributed by atoms with van der Waals surface area (Å²) in [4.78, 5) is 21.1. The number of methoxy groups -OCH3 is 1. The maximum absolute atomic E-state index is 12.1. The molecule has 5 rings (SSSR count). The van der Waals surface area contributed by atoms with Crippen molar-refractivity contribution in [1.82, 2.24) is 19.7 Å². The maximum atomic E-state index is 12.1. The molecule has 7 nitrogen and oxygen atoms in total. The SMILES string of the molecule is COC(=O)c1cc(-n2cc(Cc3ccccc3)c3ncc(-c4c(C)noc4C)cc32)ccn1.